The second kappa shape index (κ2) is 25.9. The molecule has 0 amide bonds. The van der Waals surface area contributed by atoms with Gasteiger partial charge in [0, 0.05) is 36.5 Å². The topological polar surface area (TPSA) is 98.7 Å². The van der Waals surface area contributed by atoms with Crippen molar-refractivity contribution in [1.29, 1.82) is 5.41 Å². The summed E-state index contributed by atoms with van der Waals surface area (Å²) in [6, 6.07) is 17.4. The van der Waals surface area contributed by atoms with Crippen molar-refractivity contribution in [1.82, 2.24) is 0 Å². The molecule has 5 nitrogen and oxygen atoms in total. The number of hydrogen-bond acceptors (Lipinski definition) is 4. The fourth-order valence-corrected chi connectivity index (χ4v) is 6.10. The lowest BCUT2D eigenvalue weighted by Crippen LogP contribution is -2.23. The predicted octanol–water partition coefficient (Wildman–Crippen LogP) is 10.4. The van der Waals surface area contributed by atoms with Crippen LogP contribution >= 0.6 is 0 Å². The summed E-state index contributed by atoms with van der Waals surface area (Å²) in [5.74, 6) is 1.12. The van der Waals surface area contributed by atoms with Crippen molar-refractivity contribution in [2.75, 3.05) is 13.2 Å². The lowest BCUT2D eigenvalue weighted by molar-refractivity contribution is -0.122. The zero-order chi connectivity index (χ0) is 34.3. The van der Waals surface area contributed by atoms with Crippen LogP contribution in [0, 0.1) is 17.2 Å². The molecule has 0 saturated heterocycles. The summed E-state index contributed by atoms with van der Waals surface area (Å²) in [7, 11) is 0. The number of hydrogen-bond donors (Lipinski definition) is 1. The molecule has 1 saturated carbocycles. The summed E-state index contributed by atoms with van der Waals surface area (Å²) in [5, 5.41) is 9.04. The van der Waals surface area contributed by atoms with Gasteiger partial charge in [-0.1, -0.05) is 133 Å². The van der Waals surface area contributed by atoms with Crippen LogP contribution in [0.15, 0.2) is 72.8 Å². The van der Waals surface area contributed by atoms with Crippen LogP contribution in [0.5, 0.6) is 0 Å². The van der Waals surface area contributed by atoms with Crippen LogP contribution in [0.3, 0.4) is 0 Å². The number of aryl methyl sites for hydroxylation is 1. The Bertz CT molecular complexity index is 1190. The second-order valence-electron chi connectivity index (χ2n) is 12.8. The van der Waals surface area contributed by atoms with Crippen molar-refractivity contribution in [3.05, 3.63) is 95.1 Å². The van der Waals surface area contributed by atoms with Crippen molar-refractivity contribution in [3.63, 3.8) is 0 Å². The summed E-state index contributed by atoms with van der Waals surface area (Å²) in [5.41, 5.74) is 6.95. The summed E-state index contributed by atoms with van der Waals surface area (Å²) >= 11 is 0. The Balaban J connectivity index is 0.00000407. The van der Waals surface area contributed by atoms with Crippen molar-refractivity contribution >= 4 is 18.3 Å². The summed E-state index contributed by atoms with van der Waals surface area (Å²) in [6.07, 6.45) is 15.9. The molecule has 262 valence electrons. The van der Waals surface area contributed by atoms with E-state index >= 15 is 0 Å². The molecule has 0 heterocycles. The molecule has 2 aromatic rings. The molecular weight excluding hydrogens is 582 g/mol. The standard InChI is InChI=1S/C39H55NO2.C2H6.CH2O.H2O/c1-6-30(4)16-14-18-32-19-15-22-34(26-32)31(5)17-12-13-25-42-28-35(27-38(41)29(2)3)36-23-10-11-24-37(36)39(40)33-20-8-7-9-21-33;2*1-2;/h6,10-11,15-16,19,22-24,26,29,31,33,35,40H,1,7-9,12-14,17-18,20-21,25,27-28H2,2-5H3;1-2H3;1H2;1H2/b30-16-,40-39?;;;. The van der Waals surface area contributed by atoms with Crippen LogP contribution in [0.25, 0.3) is 0 Å². The number of carbonyl (C=O) groups is 2. The summed E-state index contributed by atoms with van der Waals surface area (Å²) in [4.78, 5) is 20.9. The Labute approximate surface area is 287 Å². The van der Waals surface area contributed by atoms with Gasteiger partial charge in [0.05, 0.1) is 6.61 Å². The van der Waals surface area contributed by atoms with E-state index in [1.807, 2.05) is 46.6 Å². The van der Waals surface area contributed by atoms with Crippen molar-refractivity contribution < 1.29 is 19.8 Å². The van der Waals surface area contributed by atoms with E-state index in [-0.39, 0.29) is 23.1 Å². The molecule has 47 heavy (non-hydrogen) atoms. The van der Waals surface area contributed by atoms with Gasteiger partial charge in [0.15, 0.2) is 0 Å². The number of carbonyl (C=O) groups excluding carboxylic acids is 2. The fraction of sp³-hybridized carbons (Fsp3) is 0.548. The third-order valence-corrected chi connectivity index (χ3v) is 9.03. The maximum absolute atomic E-state index is 12.9. The molecular formula is C42H65NO4. The Hall–Kier alpha value is -3.15. The molecule has 0 spiro atoms. The van der Waals surface area contributed by atoms with E-state index in [4.69, 9.17) is 14.9 Å². The quantitative estimate of drug-likeness (QED) is 0.0990. The smallest absolute Gasteiger partial charge is 0.136 e. The minimum Gasteiger partial charge on any atom is -0.412 e. The van der Waals surface area contributed by atoms with Crippen molar-refractivity contribution in [2.24, 2.45) is 11.8 Å². The van der Waals surface area contributed by atoms with E-state index < -0.39 is 0 Å². The van der Waals surface area contributed by atoms with Crippen LogP contribution in [0.2, 0.25) is 0 Å². The first-order valence-electron chi connectivity index (χ1n) is 17.7. The highest BCUT2D eigenvalue weighted by Crippen LogP contribution is 2.32. The molecule has 0 aromatic heterocycles. The highest BCUT2D eigenvalue weighted by molar-refractivity contribution is 6.01. The van der Waals surface area contributed by atoms with Crippen LogP contribution in [-0.4, -0.2) is 37.0 Å². The number of Topliss-reactive ketones (excluding diaryl/α,β-unsaturated/α-hetero) is 1. The van der Waals surface area contributed by atoms with E-state index in [0.717, 1.165) is 61.8 Å². The third kappa shape index (κ3) is 16.0. The van der Waals surface area contributed by atoms with E-state index in [9.17, 15) is 4.79 Å². The van der Waals surface area contributed by atoms with Crippen LogP contribution < -0.4 is 0 Å². The van der Waals surface area contributed by atoms with Gasteiger partial charge >= 0.3 is 0 Å². The first-order chi connectivity index (χ1) is 22.3. The van der Waals surface area contributed by atoms with Crippen LogP contribution in [0.4, 0.5) is 0 Å². The largest absolute Gasteiger partial charge is 0.412 e. The van der Waals surface area contributed by atoms with Gasteiger partial charge < -0.3 is 20.4 Å². The van der Waals surface area contributed by atoms with Gasteiger partial charge in [0.25, 0.3) is 0 Å². The number of rotatable bonds is 18. The Morgan fingerprint density at radius 3 is 2.34 bits per heavy atom. The van der Waals surface area contributed by atoms with Gasteiger partial charge in [-0.15, -0.1) is 0 Å². The highest BCUT2D eigenvalue weighted by atomic mass is 16.5. The molecule has 3 rings (SSSR count). The monoisotopic (exact) mass is 647 g/mol. The maximum Gasteiger partial charge on any atom is 0.136 e. The van der Waals surface area contributed by atoms with Gasteiger partial charge in [-0.2, -0.15) is 0 Å². The Morgan fingerprint density at radius 2 is 1.68 bits per heavy atom. The molecule has 1 aliphatic rings. The maximum atomic E-state index is 12.9. The van der Waals surface area contributed by atoms with Crippen LogP contribution in [-0.2, 0) is 20.7 Å². The number of ketones is 1. The molecule has 1 fully saturated rings. The zero-order valence-corrected chi connectivity index (χ0v) is 30.4. The fourth-order valence-electron chi connectivity index (χ4n) is 6.10. The minimum absolute atomic E-state index is 0. The first-order valence-corrected chi connectivity index (χ1v) is 17.7. The van der Waals surface area contributed by atoms with Crippen LogP contribution in [0.1, 0.15) is 140 Å². The number of ether oxygens (including phenoxy) is 1. The van der Waals surface area contributed by atoms with Crippen molar-refractivity contribution in [2.45, 2.75) is 124 Å². The molecule has 0 aliphatic heterocycles. The van der Waals surface area contributed by atoms with E-state index in [1.54, 1.807) is 0 Å². The van der Waals surface area contributed by atoms with Gasteiger partial charge in [-0.05, 0) is 73.6 Å². The van der Waals surface area contributed by atoms with E-state index in [2.05, 4.69) is 69.0 Å². The predicted molar refractivity (Wildman–Crippen MR) is 201 cm³/mol. The van der Waals surface area contributed by atoms with Gasteiger partial charge in [0.2, 0.25) is 0 Å². The average Bonchev–Trinajstić information content (AvgIpc) is 3.10. The number of unbranched alkanes of at least 4 members (excludes halogenated alkanes) is 1. The van der Waals surface area contributed by atoms with Gasteiger partial charge in [-0.3, -0.25) is 4.79 Å². The molecule has 0 bridgehead atoms. The third-order valence-electron chi connectivity index (χ3n) is 9.03. The molecule has 2 atom stereocenters. The Kier molecular flexibility index (Phi) is 24.1. The Morgan fingerprint density at radius 1 is 1.00 bits per heavy atom. The SMILES string of the molecule is C=C/C(C)=C\CCc1cccc(C(C)CCCCOCC(CC(=O)C(C)C)c2ccccc2C(=N)C2CCCCC2)c1.C=O.CC.O. The molecule has 3 N–H and O–H groups in total. The normalized spacial score (nSPS) is 14.4. The van der Waals surface area contributed by atoms with Crippen molar-refractivity contribution in [3.8, 4) is 0 Å². The molecule has 5 heteroatoms. The van der Waals surface area contributed by atoms with E-state index in [0.29, 0.717) is 31.5 Å². The number of nitrogens with one attached hydrogen (secondary N) is 1. The highest BCUT2D eigenvalue weighted by Gasteiger charge is 2.26. The number of allylic oxidation sites excluding steroid dienone is 3. The van der Waals surface area contributed by atoms with E-state index in [1.165, 1.54) is 36.0 Å². The van der Waals surface area contributed by atoms with Gasteiger partial charge in [-0.25, -0.2) is 0 Å². The minimum atomic E-state index is -0.00758. The lowest BCUT2D eigenvalue weighted by atomic mass is 9.79. The number of benzene rings is 2. The van der Waals surface area contributed by atoms with Gasteiger partial charge in [0.1, 0.15) is 12.6 Å². The molecule has 1 aliphatic carbocycles. The molecule has 0 radical (unpaired) electrons. The first kappa shape index (κ1) is 43.9. The second-order valence-corrected chi connectivity index (χ2v) is 12.8. The summed E-state index contributed by atoms with van der Waals surface area (Å²) < 4.78 is 6.26. The molecule has 2 aromatic carbocycles. The zero-order valence-electron chi connectivity index (χ0n) is 30.4. The molecule has 2 unspecified atom stereocenters. The lowest BCUT2D eigenvalue weighted by Gasteiger charge is -2.26. The summed E-state index contributed by atoms with van der Waals surface area (Å²) in [6.45, 7) is 19.5. The average molecular weight is 648 g/mol.